The van der Waals surface area contributed by atoms with Crippen LogP contribution >= 0.6 is 22.9 Å². The summed E-state index contributed by atoms with van der Waals surface area (Å²) in [6.45, 7) is 3.82. The third-order valence-corrected chi connectivity index (χ3v) is 4.45. The van der Waals surface area contributed by atoms with E-state index in [1.54, 1.807) is 11.3 Å². The average molecular weight is 282 g/mol. The minimum absolute atomic E-state index is 0.727. The first-order chi connectivity index (χ1) is 8.72. The lowest BCUT2D eigenvalue weighted by Gasteiger charge is -2.09. The van der Waals surface area contributed by atoms with Crippen LogP contribution in [0.5, 0.6) is 0 Å². The lowest BCUT2D eigenvalue weighted by atomic mass is 10.4. The maximum absolute atomic E-state index is 5.97. The number of thiophene rings is 1. The zero-order valence-electron chi connectivity index (χ0n) is 10.3. The normalized spacial score (nSPS) is 15.2. The van der Waals surface area contributed by atoms with Gasteiger partial charge in [0.15, 0.2) is 0 Å². The molecule has 2 heterocycles. The van der Waals surface area contributed by atoms with E-state index in [2.05, 4.69) is 27.9 Å². The van der Waals surface area contributed by atoms with E-state index in [1.807, 2.05) is 12.3 Å². The maximum atomic E-state index is 5.97. The van der Waals surface area contributed by atoms with Crippen LogP contribution in [0.1, 0.15) is 29.2 Å². The second kappa shape index (κ2) is 5.03. The van der Waals surface area contributed by atoms with Gasteiger partial charge >= 0.3 is 0 Å². The van der Waals surface area contributed by atoms with Crippen LogP contribution in [0, 0.1) is 6.92 Å². The molecule has 3 rings (SSSR count). The van der Waals surface area contributed by atoms with Gasteiger partial charge in [0.1, 0.15) is 5.82 Å². The molecule has 2 aromatic heterocycles. The zero-order chi connectivity index (χ0) is 12.5. The third-order valence-electron chi connectivity index (χ3n) is 3.23. The Balaban J connectivity index is 1.74. The summed E-state index contributed by atoms with van der Waals surface area (Å²) in [7, 11) is 0. The SMILES string of the molecule is Cc1ncc(CNC2CC2)n1Cc1ccc(Cl)s1. The number of halogens is 1. The Morgan fingerprint density at radius 3 is 3.00 bits per heavy atom. The Labute approximate surface area is 116 Å². The number of hydrogen-bond donors (Lipinski definition) is 1. The van der Waals surface area contributed by atoms with E-state index < -0.39 is 0 Å². The van der Waals surface area contributed by atoms with Gasteiger partial charge in [-0.25, -0.2) is 4.98 Å². The molecule has 1 N–H and O–H groups in total. The molecule has 0 spiro atoms. The topological polar surface area (TPSA) is 29.9 Å². The summed E-state index contributed by atoms with van der Waals surface area (Å²) in [6, 6.07) is 4.77. The molecule has 1 aliphatic carbocycles. The maximum Gasteiger partial charge on any atom is 0.106 e. The first-order valence-electron chi connectivity index (χ1n) is 6.21. The highest BCUT2D eigenvalue weighted by atomic mass is 35.5. The fraction of sp³-hybridized carbons (Fsp3) is 0.462. The molecule has 0 radical (unpaired) electrons. The molecule has 0 aliphatic heterocycles. The van der Waals surface area contributed by atoms with Crippen molar-refractivity contribution in [2.24, 2.45) is 0 Å². The van der Waals surface area contributed by atoms with E-state index in [1.165, 1.54) is 23.4 Å². The van der Waals surface area contributed by atoms with Gasteiger partial charge in [0.05, 0.1) is 16.6 Å². The zero-order valence-corrected chi connectivity index (χ0v) is 11.9. The van der Waals surface area contributed by atoms with Crippen LogP contribution in [0.25, 0.3) is 0 Å². The molecule has 2 aromatic rings. The third kappa shape index (κ3) is 2.76. The summed E-state index contributed by atoms with van der Waals surface area (Å²) in [4.78, 5) is 5.68. The molecular weight excluding hydrogens is 266 g/mol. The van der Waals surface area contributed by atoms with E-state index in [9.17, 15) is 0 Å². The molecule has 0 aromatic carbocycles. The van der Waals surface area contributed by atoms with Crippen LogP contribution in [-0.2, 0) is 13.1 Å². The van der Waals surface area contributed by atoms with Crippen molar-refractivity contribution in [2.45, 2.75) is 38.9 Å². The predicted octanol–water partition coefficient (Wildman–Crippen LogP) is 3.21. The molecule has 0 saturated heterocycles. The Morgan fingerprint density at radius 1 is 1.50 bits per heavy atom. The Hall–Kier alpha value is -0.840. The van der Waals surface area contributed by atoms with Crippen LogP contribution in [-0.4, -0.2) is 15.6 Å². The van der Waals surface area contributed by atoms with E-state index in [0.29, 0.717) is 0 Å². The van der Waals surface area contributed by atoms with Crippen molar-refractivity contribution in [3.05, 3.63) is 39.1 Å². The number of hydrogen-bond acceptors (Lipinski definition) is 3. The second-order valence-electron chi connectivity index (χ2n) is 4.74. The van der Waals surface area contributed by atoms with E-state index in [4.69, 9.17) is 11.6 Å². The average Bonchev–Trinajstić information content (AvgIpc) is 3.00. The number of aryl methyl sites for hydroxylation is 1. The van der Waals surface area contributed by atoms with Gasteiger partial charge in [-0.1, -0.05) is 11.6 Å². The fourth-order valence-corrected chi connectivity index (χ4v) is 3.08. The van der Waals surface area contributed by atoms with Crippen LogP contribution < -0.4 is 5.32 Å². The monoisotopic (exact) mass is 281 g/mol. The highest BCUT2D eigenvalue weighted by Crippen LogP contribution is 2.23. The number of rotatable bonds is 5. The Bertz CT molecular complexity index is 542. The molecule has 1 aliphatic rings. The summed E-state index contributed by atoms with van der Waals surface area (Å²) < 4.78 is 3.11. The summed E-state index contributed by atoms with van der Waals surface area (Å²) in [5.74, 6) is 1.06. The van der Waals surface area contributed by atoms with Crippen LogP contribution in [0.3, 0.4) is 0 Å². The second-order valence-corrected chi connectivity index (χ2v) is 6.54. The lowest BCUT2D eigenvalue weighted by Crippen LogP contribution is -2.18. The van der Waals surface area contributed by atoms with Gasteiger partial charge in [0.25, 0.3) is 0 Å². The van der Waals surface area contributed by atoms with Crippen molar-refractivity contribution in [1.82, 2.24) is 14.9 Å². The van der Waals surface area contributed by atoms with Crippen molar-refractivity contribution in [1.29, 1.82) is 0 Å². The predicted molar refractivity (Wildman–Crippen MR) is 75.3 cm³/mol. The van der Waals surface area contributed by atoms with Crippen LogP contribution in [0.15, 0.2) is 18.3 Å². The van der Waals surface area contributed by atoms with Crippen molar-refractivity contribution in [3.8, 4) is 0 Å². The molecule has 18 heavy (non-hydrogen) atoms. The van der Waals surface area contributed by atoms with Crippen molar-refractivity contribution < 1.29 is 0 Å². The van der Waals surface area contributed by atoms with Gasteiger partial charge in [-0.05, 0) is 31.9 Å². The van der Waals surface area contributed by atoms with Crippen molar-refractivity contribution in [3.63, 3.8) is 0 Å². The molecule has 5 heteroatoms. The number of nitrogens with one attached hydrogen (secondary N) is 1. The largest absolute Gasteiger partial charge is 0.326 e. The summed E-state index contributed by atoms with van der Waals surface area (Å²) in [5, 5.41) is 3.53. The van der Waals surface area contributed by atoms with Gasteiger partial charge in [-0.3, -0.25) is 0 Å². The molecule has 1 saturated carbocycles. The van der Waals surface area contributed by atoms with E-state index in [0.717, 1.165) is 29.3 Å². The van der Waals surface area contributed by atoms with Gasteiger partial charge in [-0.15, -0.1) is 11.3 Å². The summed E-state index contributed by atoms with van der Waals surface area (Å²) in [6.07, 6.45) is 4.60. The quantitative estimate of drug-likeness (QED) is 0.912. The molecular formula is C13H16ClN3S. The van der Waals surface area contributed by atoms with Gasteiger partial charge < -0.3 is 9.88 Å². The highest BCUT2D eigenvalue weighted by Gasteiger charge is 2.21. The first kappa shape index (κ1) is 12.2. The van der Waals surface area contributed by atoms with Crippen LogP contribution in [0.2, 0.25) is 4.34 Å². The van der Waals surface area contributed by atoms with Crippen molar-refractivity contribution in [2.75, 3.05) is 0 Å². The molecule has 0 unspecified atom stereocenters. The summed E-state index contributed by atoms with van der Waals surface area (Å²) in [5.41, 5.74) is 1.25. The summed E-state index contributed by atoms with van der Waals surface area (Å²) >= 11 is 7.61. The smallest absolute Gasteiger partial charge is 0.106 e. The molecule has 0 amide bonds. The van der Waals surface area contributed by atoms with Gasteiger partial charge in [0.2, 0.25) is 0 Å². The minimum Gasteiger partial charge on any atom is -0.326 e. The lowest BCUT2D eigenvalue weighted by molar-refractivity contribution is 0.629. The van der Waals surface area contributed by atoms with Crippen molar-refractivity contribution >= 4 is 22.9 Å². The van der Waals surface area contributed by atoms with Gasteiger partial charge in [0, 0.05) is 23.7 Å². The standard InChI is InChI=1S/C13H16ClN3S/c1-9-15-6-11(7-16-10-2-3-10)17(9)8-12-4-5-13(14)18-12/h4-6,10,16H,2-3,7-8H2,1H3. The molecule has 3 nitrogen and oxygen atoms in total. The first-order valence-corrected chi connectivity index (χ1v) is 7.40. The van der Waals surface area contributed by atoms with Crippen LogP contribution in [0.4, 0.5) is 0 Å². The Morgan fingerprint density at radius 2 is 2.33 bits per heavy atom. The van der Waals surface area contributed by atoms with Gasteiger partial charge in [-0.2, -0.15) is 0 Å². The number of aromatic nitrogens is 2. The fourth-order valence-electron chi connectivity index (χ4n) is 2.00. The molecule has 96 valence electrons. The van der Waals surface area contributed by atoms with E-state index >= 15 is 0 Å². The van der Waals surface area contributed by atoms with E-state index in [-0.39, 0.29) is 0 Å². The molecule has 0 atom stereocenters. The Kier molecular flexibility index (Phi) is 3.41. The number of nitrogens with zero attached hydrogens (tertiary/aromatic N) is 2. The highest BCUT2D eigenvalue weighted by molar-refractivity contribution is 7.16. The number of imidazole rings is 1. The molecule has 1 fully saturated rings. The molecule has 0 bridgehead atoms. The minimum atomic E-state index is 0.727.